The van der Waals surface area contributed by atoms with Crippen LogP contribution in [0.3, 0.4) is 0 Å². The lowest BCUT2D eigenvalue weighted by atomic mass is 10.1. The number of amides is 1. The summed E-state index contributed by atoms with van der Waals surface area (Å²) in [5, 5.41) is 0.537. The molecule has 2 aromatic carbocycles. The van der Waals surface area contributed by atoms with E-state index in [1.54, 1.807) is 29.0 Å². The molecule has 0 bridgehead atoms. The second-order valence-electron chi connectivity index (χ2n) is 9.68. The van der Waals surface area contributed by atoms with Gasteiger partial charge in [-0.05, 0) is 48.7 Å². The molecule has 0 unspecified atom stereocenters. The lowest BCUT2D eigenvalue weighted by molar-refractivity contribution is 0.0746. The highest BCUT2D eigenvalue weighted by molar-refractivity contribution is 5.98. The summed E-state index contributed by atoms with van der Waals surface area (Å²) in [7, 11) is 0. The summed E-state index contributed by atoms with van der Waals surface area (Å²) in [5.41, 5.74) is 2.13. The van der Waals surface area contributed by atoms with Crippen molar-refractivity contribution < 1.29 is 4.79 Å². The Kier molecular flexibility index (Phi) is 6.30. The molecule has 2 aliphatic heterocycles. The normalized spacial score (nSPS) is 15.9. The van der Waals surface area contributed by atoms with Gasteiger partial charge in [0.05, 0.1) is 17.4 Å². The lowest BCUT2D eigenvalue weighted by Crippen LogP contribution is -2.49. The molecular formula is C29H30N6O2. The Labute approximate surface area is 215 Å². The van der Waals surface area contributed by atoms with Gasteiger partial charge in [0.1, 0.15) is 5.82 Å². The van der Waals surface area contributed by atoms with Gasteiger partial charge in [0, 0.05) is 51.0 Å². The molecule has 4 heterocycles. The predicted octanol–water partition coefficient (Wildman–Crippen LogP) is 3.40. The molecule has 0 spiro atoms. The summed E-state index contributed by atoms with van der Waals surface area (Å²) < 4.78 is 1.78. The Balaban J connectivity index is 1.29. The van der Waals surface area contributed by atoms with E-state index < -0.39 is 0 Å². The number of carbonyl (C=O) groups is 1. The fraction of sp³-hybridized carbons (Fsp3) is 0.310. The quantitative estimate of drug-likeness (QED) is 0.423. The summed E-state index contributed by atoms with van der Waals surface area (Å²) in [4.78, 5) is 42.7. The first-order chi connectivity index (χ1) is 18.2. The zero-order valence-electron chi connectivity index (χ0n) is 20.8. The molecule has 2 aromatic heterocycles. The molecule has 0 aliphatic carbocycles. The van der Waals surface area contributed by atoms with E-state index in [4.69, 9.17) is 4.98 Å². The Bertz CT molecular complexity index is 1460. The molecular weight excluding hydrogens is 464 g/mol. The third kappa shape index (κ3) is 4.67. The topological polar surface area (TPSA) is 74.6 Å². The maximum atomic E-state index is 13.7. The average molecular weight is 495 g/mol. The largest absolute Gasteiger partial charge is 0.353 e. The molecule has 1 amide bonds. The van der Waals surface area contributed by atoms with Crippen LogP contribution in [0.2, 0.25) is 0 Å². The van der Waals surface area contributed by atoms with Crippen LogP contribution in [0.25, 0.3) is 10.9 Å². The van der Waals surface area contributed by atoms with Crippen LogP contribution in [-0.2, 0) is 6.54 Å². The van der Waals surface area contributed by atoms with Gasteiger partial charge >= 0.3 is 0 Å². The van der Waals surface area contributed by atoms with E-state index in [0.29, 0.717) is 42.0 Å². The minimum absolute atomic E-state index is 0.0273. The SMILES string of the molecule is O=C(c1ccc2c(=O)n(Cc3ccccc3)c(N3CCCC3)nc2c1)N1CCN(c2ccccn2)CC1. The Hall–Kier alpha value is -4.20. The van der Waals surface area contributed by atoms with Crippen LogP contribution in [0.15, 0.2) is 77.7 Å². The summed E-state index contributed by atoms with van der Waals surface area (Å²) in [5.74, 6) is 1.60. The third-order valence-electron chi connectivity index (χ3n) is 7.29. The van der Waals surface area contributed by atoms with Crippen molar-refractivity contribution >= 4 is 28.6 Å². The van der Waals surface area contributed by atoms with Crippen molar-refractivity contribution in [3.05, 3.63) is 94.4 Å². The molecule has 8 heteroatoms. The maximum absolute atomic E-state index is 13.7. The number of anilines is 2. The first-order valence-corrected chi connectivity index (χ1v) is 13.0. The van der Waals surface area contributed by atoms with Gasteiger partial charge in [-0.25, -0.2) is 9.97 Å². The van der Waals surface area contributed by atoms with E-state index in [1.165, 1.54) is 0 Å². The summed E-state index contributed by atoms with van der Waals surface area (Å²) in [6.07, 6.45) is 3.96. The van der Waals surface area contributed by atoms with Crippen molar-refractivity contribution in [2.75, 3.05) is 49.1 Å². The number of rotatable bonds is 5. The Morgan fingerprint density at radius 1 is 0.811 bits per heavy atom. The molecule has 37 heavy (non-hydrogen) atoms. The fourth-order valence-corrected chi connectivity index (χ4v) is 5.27. The smallest absolute Gasteiger partial charge is 0.263 e. The van der Waals surface area contributed by atoms with Crippen LogP contribution in [0.4, 0.5) is 11.8 Å². The molecule has 0 N–H and O–H groups in total. The number of fused-ring (bicyclic) bond motifs is 1. The second-order valence-corrected chi connectivity index (χ2v) is 9.68. The highest BCUT2D eigenvalue weighted by atomic mass is 16.2. The van der Waals surface area contributed by atoms with Crippen molar-refractivity contribution in [1.82, 2.24) is 19.4 Å². The fourth-order valence-electron chi connectivity index (χ4n) is 5.27. The van der Waals surface area contributed by atoms with E-state index in [1.807, 2.05) is 53.4 Å². The molecule has 4 aromatic rings. The number of benzene rings is 2. The molecule has 0 radical (unpaired) electrons. The van der Waals surface area contributed by atoms with Gasteiger partial charge in [-0.2, -0.15) is 0 Å². The Morgan fingerprint density at radius 3 is 2.30 bits per heavy atom. The number of pyridine rings is 1. The molecule has 0 saturated carbocycles. The molecule has 8 nitrogen and oxygen atoms in total. The summed E-state index contributed by atoms with van der Waals surface area (Å²) >= 11 is 0. The zero-order chi connectivity index (χ0) is 25.2. The standard InChI is InChI=1S/C29H30N6O2/c36-27(33-18-16-32(17-19-33)26-10-4-5-13-30-26)23-11-12-24-25(20-23)31-29(34-14-6-7-15-34)35(28(24)37)21-22-8-2-1-3-9-22/h1-5,8-13,20H,6-7,14-19,21H2. The van der Waals surface area contributed by atoms with E-state index >= 15 is 0 Å². The van der Waals surface area contributed by atoms with Crippen molar-refractivity contribution in [1.29, 1.82) is 0 Å². The van der Waals surface area contributed by atoms with Crippen molar-refractivity contribution in [2.24, 2.45) is 0 Å². The van der Waals surface area contributed by atoms with Crippen molar-refractivity contribution in [3.8, 4) is 0 Å². The summed E-state index contributed by atoms with van der Waals surface area (Å²) in [6, 6.07) is 21.2. The van der Waals surface area contributed by atoms with E-state index in [2.05, 4.69) is 14.8 Å². The van der Waals surface area contributed by atoms with Crippen LogP contribution < -0.4 is 15.4 Å². The van der Waals surface area contributed by atoms with Crippen molar-refractivity contribution in [2.45, 2.75) is 19.4 Å². The number of carbonyl (C=O) groups excluding carboxylic acids is 1. The van der Waals surface area contributed by atoms with E-state index in [0.717, 1.165) is 50.4 Å². The van der Waals surface area contributed by atoms with Gasteiger partial charge in [-0.1, -0.05) is 36.4 Å². The average Bonchev–Trinajstić information content (AvgIpc) is 3.50. The minimum atomic E-state index is -0.0706. The van der Waals surface area contributed by atoms with Gasteiger partial charge in [-0.3, -0.25) is 14.2 Å². The highest BCUT2D eigenvalue weighted by Crippen LogP contribution is 2.22. The predicted molar refractivity (Wildman–Crippen MR) is 145 cm³/mol. The van der Waals surface area contributed by atoms with Gasteiger partial charge in [0.15, 0.2) is 0 Å². The van der Waals surface area contributed by atoms with Crippen LogP contribution in [0, 0.1) is 0 Å². The maximum Gasteiger partial charge on any atom is 0.263 e. The molecule has 0 atom stereocenters. The van der Waals surface area contributed by atoms with Crippen LogP contribution in [-0.4, -0.2) is 64.6 Å². The van der Waals surface area contributed by atoms with Crippen molar-refractivity contribution in [3.63, 3.8) is 0 Å². The molecule has 6 rings (SSSR count). The van der Waals surface area contributed by atoms with Gasteiger partial charge in [0.2, 0.25) is 5.95 Å². The molecule has 2 fully saturated rings. The number of nitrogens with zero attached hydrogens (tertiary/aromatic N) is 6. The molecule has 2 saturated heterocycles. The minimum Gasteiger partial charge on any atom is -0.353 e. The number of hydrogen-bond donors (Lipinski definition) is 0. The number of piperazine rings is 1. The Morgan fingerprint density at radius 2 is 1.57 bits per heavy atom. The van der Waals surface area contributed by atoms with Crippen LogP contribution in [0.1, 0.15) is 28.8 Å². The van der Waals surface area contributed by atoms with E-state index in [9.17, 15) is 9.59 Å². The first kappa shape index (κ1) is 23.2. The lowest BCUT2D eigenvalue weighted by Gasteiger charge is -2.35. The van der Waals surface area contributed by atoms with E-state index in [-0.39, 0.29) is 11.5 Å². The monoisotopic (exact) mass is 494 g/mol. The van der Waals surface area contributed by atoms with Gasteiger partial charge in [0.25, 0.3) is 11.5 Å². The summed E-state index contributed by atoms with van der Waals surface area (Å²) in [6.45, 7) is 4.94. The first-order valence-electron chi connectivity index (χ1n) is 13.0. The number of aromatic nitrogens is 3. The third-order valence-corrected chi connectivity index (χ3v) is 7.29. The molecule has 188 valence electrons. The second kappa shape index (κ2) is 10.0. The van der Waals surface area contributed by atoms with Gasteiger partial charge < -0.3 is 14.7 Å². The van der Waals surface area contributed by atoms with Crippen LogP contribution in [0.5, 0.6) is 0 Å². The van der Waals surface area contributed by atoms with Crippen LogP contribution >= 0.6 is 0 Å². The number of hydrogen-bond acceptors (Lipinski definition) is 6. The molecule has 2 aliphatic rings. The highest BCUT2D eigenvalue weighted by Gasteiger charge is 2.25. The zero-order valence-corrected chi connectivity index (χ0v) is 20.8. The van der Waals surface area contributed by atoms with Gasteiger partial charge in [-0.15, -0.1) is 0 Å².